The number of nitrogens with two attached hydrogens (primary N) is 1. The first-order valence-corrected chi connectivity index (χ1v) is 7.09. The van der Waals surface area contributed by atoms with E-state index in [0.29, 0.717) is 0 Å². The first kappa shape index (κ1) is 13.9. The topological polar surface area (TPSA) is 26.0 Å². The first-order chi connectivity index (χ1) is 8.85. The van der Waals surface area contributed by atoms with Crippen molar-refractivity contribution in [2.24, 2.45) is 0 Å². The molecule has 0 spiro atoms. The molecule has 2 N–H and O–H groups in total. The maximum Gasteiger partial charge on any atom is 0.0349 e. The Bertz CT molecular complexity index is 533. The minimum atomic E-state index is 0.0191. The molecule has 2 rings (SSSR count). The van der Waals surface area contributed by atoms with E-state index in [1.807, 2.05) is 0 Å². The van der Waals surface area contributed by atoms with Gasteiger partial charge in [0.05, 0.1) is 0 Å². The average Bonchev–Trinajstić information content (AvgIpc) is 2.37. The standard InChI is InChI=1S/C18H25N/c1-12-11-16(19)14(3)17(13(12)2)18(4,5)15-9-7-6-8-10-15/h7,9-11H,6,8,19H2,1-5H3. The van der Waals surface area contributed by atoms with Crippen LogP contribution in [0, 0.1) is 20.8 Å². The van der Waals surface area contributed by atoms with Crippen LogP contribution < -0.4 is 5.73 Å². The summed E-state index contributed by atoms with van der Waals surface area (Å²) >= 11 is 0. The maximum absolute atomic E-state index is 6.18. The van der Waals surface area contributed by atoms with Crippen LogP contribution in [0.3, 0.4) is 0 Å². The summed E-state index contributed by atoms with van der Waals surface area (Å²) in [6.07, 6.45) is 9.24. The second kappa shape index (κ2) is 4.88. The molecule has 0 atom stereocenters. The van der Waals surface area contributed by atoms with E-state index in [-0.39, 0.29) is 5.41 Å². The SMILES string of the molecule is Cc1cc(N)c(C)c(C(C)(C)C2=CCCC=C2)c1C. The van der Waals surface area contributed by atoms with Crippen molar-refractivity contribution in [3.63, 3.8) is 0 Å². The van der Waals surface area contributed by atoms with Gasteiger partial charge in [-0.1, -0.05) is 32.1 Å². The third-order valence-electron chi connectivity index (χ3n) is 4.49. The second-order valence-electron chi connectivity index (χ2n) is 6.17. The molecular formula is C18H25N. The molecule has 0 saturated heterocycles. The lowest BCUT2D eigenvalue weighted by Crippen LogP contribution is -2.24. The molecule has 1 aliphatic carbocycles. The van der Waals surface area contributed by atoms with E-state index in [2.05, 4.69) is 58.9 Å². The third-order valence-corrected chi connectivity index (χ3v) is 4.49. The number of benzene rings is 1. The van der Waals surface area contributed by atoms with E-state index in [1.165, 1.54) is 27.8 Å². The zero-order valence-electron chi connectivity index (χ0n) is 12.8. The molecule has 1 aromatic carbocycles. The van der Waals surface area contributed by atoms with Gasteiger partial charge in [0.25, 0.3) is 0 Å². The zero-order chi connectivity index (χ0) is 14.2. The van der Waals surface area contributed by atoms with Gasteiger partial charge in [0, 0.05) is 11.1 Å². The predicted molar refractivity (Wildman–Crippen MR) is 84.5 cm³/mol. The van der Waals surface area contributed by atoms with Crippen molar-refractivity contribution in [2.75, 3.05) is 5.73 Å². The number of anilines is 1. The highest BCUT2D eigenvalue weighted by Gasteiger charge is 2.29. The van der Waals surface area contributed by atoms with Crippen LogP contribution in [0.25, 0.3) is 0 Å². The van der Waals surface area contributed by atoms with Gasteiger partial charge in [-0.15, -0.1) is 0 Å². The molecule has 0 saturated carbocycles. The lowest BCUT2D eigenvalue weighted by Gasteiger charge is -2.33. The number of hydrogen-bond donors (Lipinski definition) is 1. The lowest BCUT2D eigenvalue weighted by atomic mass is 9.71. The van der Waals surface area contributed by atoms with E-state index in [0.717, 1.165) is 18.5 Å². The first-order valence-electron chi connectivity index (χ1n) is 7.09. The van der Waals surface area contributed by atoms with Gasteiger partial charge in [0.15, 0.2) is 0 Å². The Morgan fingerprint density at radius 1 is 1.05 bits per heavy atom. The second-order valence-corrected chi connectivity index (χ2v) is 6.17. The molecule has 1 nitrogen and oxygen atoms in total. The molecule has 19 heavy (non-hydrogen) atoms. The quantitative estimate of drug-likeness (QED) is 0.758. The maximum atomic E-state index is 6.18. The summed E-state index contributed by atoms with van der Waals surface area (Å²) in [5.74, 6) is 0. The van der Waals surface area contributed by atoms with Crippen LogP contribution in [0.1, 0.15) is 48.9 Å². The van der Waals surface area contributed by atoms with Gasteiger partial charge in [-0.25, -0.2) is 0 Å². The minimum Gasteiger partial charge on any atom is -0.398 e. The molecule has 1 aromatic rings. The Hall–Kier alpha value is -1.50. The van der Waals surface area contributed by atoms with Gasteiger partial charge in [-0.3, -0.25) is 0 Å². The van der Waals surface area contributed by atoms with Crippen LogP contribution in [-0.4, -0.2) is 0 Å². The number of allylic oxidation sites excluding steroid dienone is 4. The molecule has 0 fully saturated rings. The van der Waals surface area contributed by atoms with Crippen molar-refractivity contribution in [1.82, 2.24) is 0 Å². The number of nitrogen functional groups attached to an aromatic ring is 1. The van der Waals surface area contributed by atoms with Crippen molar-refractivity contribution >= 4 is 5.69 Å². The van der Waals surface area contributed by atoms with E-state index in [4.69, 9.17) is 5.73 Å². The Morgan fingerprint density at radius 2 is 1.74 bits per heavy atom. The summed E-state index contributed by atoms with van der Waals surface area (Å²) in [4.78, 5) is 0. The van der Waals surface area contributed by atoms with Crippen LogP contribution in [-0.2, 0) is 5.41 Å². The van der Waals surface area contributed by atoms with Gasteiger partial charge in [-0.2, -0.15) is 0 Å². The number of hydrogen-bond acceptors (Lipinski definition) is 1. The average molecular weight is 255 g/mol. The van der Waals surface area contributed by atoms with Crippen LogP contribution in [0.4, 0.5) is 5.69 Å². The summed E-state index contributed by atoms with van der Waals surface area (Å²) in [7, 11) is 0. The molecule has 0 bridgehead atoms. The largest absolute Gasteiger partial charge is 0.398 e. The molecular weight excluding hydrogens is 230 g/mol. The minimum absolute atomic E-state index is 0.0191. The van der Waals surface area contributed by atoms with Gasteiger partial charge in [0.1, 0.15) is 0 Å². The van der Waals surface area contributed by atoms with Gasteiger partial charge >= 0.3 is 0 Å². The highest BCUT2D eigenvalue weighted by Crippen LogP contribution is 2.40. The van der Waals surface area contributed by atoms with Crippen molar-refractivity contribution in [3.05, 3.63) is 52.1 Å². The van der Waals surface area contributed by atoms with Crippen LogP contribution in [0.2, 0.25) is 0 Å². The summed E-state index contributed by atoms with van der Waals surface area (Å²) in [6.45, 7) is 11.1. The van der Waals surface area contributed by atoms with E-state index in [1.54, 1.807) is 0 Å². The zero-order valence-corrected chi connectivity index (χ0v) is 12.8. The van der Waals surface area contributed by atoms with Gasteiger partial charge < -0.3 is 5.73 Å². The molecule has 0 heterocycles. The van der Waals surface area contributed by atoms with Crippen molar-refractivity contribution in [2.45, 2.75) is 52.9 Å². The Kier molecular flexibility index (Phi) is 3.58. The van der Waals surface area contributed by atoms with Crippen molar-refractivity contribution in [1.29, 1.82) is 0 Å². The van der Waals surface area contributed by atoms with Crippen LogP contribution in [0.5, 0.6) is 0 Å². The smallest absolute Gasteiger partial charge is 0.0349 e. The fraction of sp³-hybridized carbons (Fsp3) is 0.444. The Balaban J connectivity index is 2.63. The monoisotopic (exact) mass is 255 g/mol. The molecule has 0 unspecified atom stereocenters. The van der Waals surface area contributed by atoms with Crippen LogP contribution >= 0.6 is 0 Å². The molecule has 1 aliphatic rings. The van der Waals surface area contributed by atoms with Crippen molar-refractivity contribution < 1.29 is 0 Å². The summed E-state index contributed by atoms with van der Waals surface area (Å²) in [6, 6.07) is 2.09. The highest BCUT2D eigenvalue weighted by molar-refractivity contribution is 5.61. The van der Waals surface area contributed by atoms with E-state index in [9.17, 15) is 0 Å². The summed E-state index contributed by atoms with van der Waals surface area (Å²) < 4.78 is 0. The van der Waals surface area contributed by atoms with Gasteiger partial charge in [0.2, 0.25) is 0 Å². The fourth-order valence-corrected chi connectivity index (χ4v) is 3.23. The summed E-state index contributed by atoms with van der Waals surface area (Å²) in [5.41, 5.74) is 13.8. The van der Waals surface area contributed by atoms with Gasteiger partial charge in [-0.05, 0) is 67.5 Å². The van der Waals surface area contributed by atoms with E-state index < -0.39 is 0 Å². The normalized spacial score (nSPS) is 15.5. The molecule has 102 valence electrons. The lowest BCUT2D eigenvalue weighted by molar-refractivity contribution is 0.621. The van der Waals surface area contributed by atoms with Crippen LogP contribution in [0.15, 0.2) is 29.9 Å². The highest BCUT2D eigenvalue weighted by atomic mass is 14.6. The molecule has 0 amide bonds. The molecule has 1 heteroatoms. The van der Waals surface area contributed by atoms with E-state index >= 15 is 0 Å². The Morgan fingerprint density at radius 3 is 2.32 bits per heavy atom. The molecule has 0 aromatic heterocycles. The number of rotatable bonds is 2. The Labute approximate surface area is 117 Å². The molecule has 0 radical (unpaired) electrons. The number of aryl methyl sites for hydroxylation is 1. The fourth-order valence-electron chi connectivity index (χ4n) is 3.23. The van der Waals surface area contributed by atoms with Crippen molar-refractivity contribution in [3.8, 4) is 0 Å². The third kappa shape index (κ3) is 2.34. The predicted octanol–water partition coefficient (Wildman–Crippen LogP) is 4.75. The summed E-state index contributed by atoms with van der Waals surface area (Å²) in [5, 5.41) is 0. The molecule has 0 aliphatic heterocycles.